The molecule has 192 valence electrons. The predicted octanol–water partition coefficient (Wildman–Crippen LogP) is -1.23. The van der Waals surface area contributed by atoms with Gasteiger partial charge in [0.05, 0.1) is 19.5 Å². The molecule has 0 aliphatic carbocycles. The Balaban J connectivity index is 1.74. The van der Waals surface area contributed by atoms with Crippen LogP contribution in [0.2, 0.25) is 0 Å². The number of fused-ring (bicyclic) bond motifs is 1. The maximum absolute atomic E-state index is 11.9. The number of nitrogen functional groups attached to an aromatic ring is 1. The third-order valence-electron chi connectivity index (χ3n) is 4.12. The first-order chi connectivity index (χ1) is 15.6. The molecule has 1 fully saturated rings. The highest BCUT2D eigenvalue weighted by molar-refractivity contribution is 7.66. The Bertz CT molecular complexity index is 1190. The topological polar surface area (TPSA) is 288 Å². The molecule has 2 aromatic rings. The number of phosphoric acid groups is 3. The lowest BCUT2D eigenvalue weighted by Gasteiger charge is -2.19. The van der Waals surface area contributed by atoms with Gasteiger partial charge in [-0.1, -0.05) is 0 Å². The molecule has 0 aromatic carbocycles. The van der Waals surface area contributed by atoms with Gasteiger partial charge in [-0.25, -0.2) is 18.7 Å². The van der Waals surface area contributed by atoms with Gasteiger partial charge < -0.3 is 45.0 Å². The fourth-order valence-electron chi connectivity index (χ4n) is 2.90. The van der Waals surface area contributed by atoms with Crippen LogP contribution in [-0.4, -0.2) is 80.8 Å². The van der Waals surface area contributed by atoms with Crippen LogP contribution in [0.1, 0.15) is 13.2 Å². The van der Waals surface area contributed by atoms with Crippen molar-refractivity contribution in [3.8, 4) is 5.88 Å². The number of anilines is 1. The Labute approximate surface area is 189 Å². The first-order valence-corrected chi connectivity index (χ1v) is 13.6. The fourth-order valence-corrected chi connectivity index (χ4v) is 5.93. The molecule has 0 bridgehead atoms. The molecule has 2 aromatic heterocycles. The van der Waals surface area contributed by atoms with Crippen molar-refractivity contribution < 1.29 is 66.1 Å². The molecule has 6 atom stereocenters. The second kappa shape index (κ2) is 9.83. The first kappa shape index (κ1) is 27.0. The molecule has 1 aliphatic heterocycles. The number of hydrogen-bond acceptors (Lipinski definition) is 14. The van der Waals surface area contributed by atoms with Crippen LogP contribution in [0.15, 0.2) is 6.33 Å². The number of phosphoric ester groups is 1. The Morgan fingerprint density at radius 1 is 1.09 bits per heavy atom. The molecule has 3 rings (SSSR count). The Morgan fingerprint density at radius 2 is 1.76 bits per heavy atom. The lowest BCUT2D eigenvalue weighted by Crippen LogP contribution is -2.33. The van der Waals surface area contributed by atoms with E-state index in [0.29, 0.717) is 0 Å². The minimum Gasteiger partial charge on any atom is -0.476 e. The summed E-state index contributed by atoms with van der Waals surface area (Å²) in [4.78, 5) is 47.8. The number of imidazole rings is 1. The monoisotopic (exact) mass is 551 g/mol. The summed E-state index contributed by atoms with van der Waals surface area (Å²) in [6.07, 6.45) is -5.00. The molecule has 3 heterocycles. The molecule has 1 saturated heterocycles. The minimum atomic E-state index is -5.72. The van der Waals surface area contributed by atoms with Gasteiger partial charge in [-0.2, -0.15) is 18.6 Å². The smallest absolute Gasteiger partial charge is 0.476 e. The molecule has 0 saturated carbocycles. The van der Waals surface area contributed by atoms with Crippen LogP contribution in [0.5, 0.6) is 5.88 Å². The molecule has 8 N–H and O–H groups in total. The third kappa shape index (κ3) is 6.35. The van der Waals surface area contributed by atoms with E-state index in [1.54, 1.807) is 6.92 Å². The van der Waals surface area contributed by atoms with Gasteiger partial charge in [-0.3, -0.25) is 9.09 Å². The number of aromatic nitrogens is 4. The normalized spacial score (nSPS) is 26.9. The summed E-state index contributed by atoms with van der Waals surface area (Å²) in [5.74, 6) is -0.129. The number of ether oxygens (including phenoxy) is 2. The van der Waals surface area contributed by atoms with Gasteiger partial charge >= 0.3 is 23.5 Å². The van der Waals surface area contributed by atoms with E-state index in [0.717, 1.165) is 0 Å². The number of aliphatic hydroxyl groups excluding tert-OH is 2. The van der Waals surface area contributed by atoms with Crippen molar-refractivity contribution >= 4 is 40.6 Å². The summed E-state index contributed by atoms with van der Waals surface area (Å²) in [6.45, 7) is 0.957. The maximum Gasteiger partial charge on any atom is 0.490 e. The molecular weight excluding hydrogens is 531 g/mol. The van der Waals surface area contributed by atoms with Crippen molar-refractivity contribution in [2.45, 2.75) is 31.5 Å². The lowest BCUT2D eigenvalue weighted by atomic mass is 10.1. The first-order valence-electron chi connectivity index (χ1n) is 9.05. The quantitative estimate of drug-likeness (QED) is 0.170. The molecule has 19 nitrogen and oxygen atoms in total. The van der Waals surface area contributed by atoms with Gasteiger partial charge in [0.25, 0.3) is 0 Å². The summed E-state index contributed by atoms with van der Waals surface area (Å²) in [7, 11) is -16.7. The highest BCUT2D eigenvalue weighted by Crippen LogP contribution is 2.66. The molecule has 1 aliphatic rings. The van der Waals surface area contributed by atoms with Crippen LogP contribution < -0.4 is 10.5 Å². The summed E-state index contributed by atoms with van der Waals surface area (Å²) in [5.41, 5.74) is 5.90. The molecule has 22 heteroatoms. The number of hydrogen-bond donors (Lipinski definition) is 7. The van der Waals surface area contributed by atoms with Gasteiger partial charge in [-0.15, -0.1) is 0 Å². The van der Waals surface area contributed by atoms with Crippen molar-refractivity contribution in [3.05, 3.63) is 6.33 Å². The van der Waals surface area contributed by atoms with Crippen LogP contribution in [0.25, 0.3) is 11.2 Å². The molecule has 0 spiro atoms. The van der Waals surface area contributed by atoms with E-state index in [1.807, 2.05) is 0 Å². The van der Waals surface area contributed by atoms with E-state index in [2.05, 4.69) is 28.1 Å². The van der Waals surface area contributed by atoms with Crippen LogP contribution in [0.3, 0.4) is 0 Å². The van der Waals surface area contributed by atoms with Crippen LogP contribution >= 0.6 is 23.5 Å². The molecule has 2 unspecified atom stereocenters. The zero-order valence-corrected chi connectivity index (χ0v) is 19.6. The lowest BCUT2D eigenvalue weighted by molar-refractivity contribution is -0.0503. The average Bonchev–Trinajstić information content (AvgIpc) is 3.19. The van der Waals surface area contributed by atoms with Crippen molar-refractivity contribution in [1.29, 1.82) is 0 Å². The molecule has 0 radical (unpaired) electrons. The van der Waals surface area contributed by atoms with E-state index in [-0.39, 0.29) is 29.6 Å². The second-order valence-electron chi connectivity index (χ2n) is 6.58. The maximum atomic E-state index is 11.9. The van der Waals surface area contributed by atoms with E-state index in [4.69, 9.17) is 29.9 Å². The summed E-state index contributed by atoms with van der Waals surface area (Å²) < 4.78 is 57.5. The summed E-state index contributed by atoms with van der Waals surface area (Å²) >= 11 is 0. The van der Waals surface area contributed by atoms with Crippen LogP contribution in [0, 0.1) is 0 Å². The zero-order valence-electron chi connectivity index (χ0n) is 17.0. The summed E-state index contributed by atoms with van der Waals surface area (Å²) in [6, 6.07) is 0. The Morgan fingerprint density at radius 3 is 2.38 bits per heavy atom. The largest absolute Gasteiger partial charge is 0.490 e. The van der Waals surface area contributed by atoms with E-state index < -0.39 is 54.6 Å². The van der Waals surface area contributed by atoms with Gasteiger partial charge in [0.2, 0.25) is 11.8 Å². The Kier molecular flexibility index (Phi) is 7.82. The molecular formula is C12H20N5O14P3. The fraction of sp³-hybridized carbons (Fsp3) is 0.583. The number of aliphatic hydroxyl groups is 2. The number of nitrogens with two attached hydrogens (primary N) is 1. The summed E-state index contributed by atoms with van der Waals surface area (Å²) in [5, 5.41) is 20.7. The minimum absolute atomic E-state index is 0.0565. The van der Waals surface area contributed by atoms with Crippen molar-refractivity contribution in [2.24, 2.45) is 0 Å². The van der Waals surface area contributed by atoms with E-state index in [9.17, 15) is 28.8 Å². The highest BCUT2D eigenvalue weighted by atomic mass is 31.3. The second-order valence-corrected chi connectivity index (χ2v) is 11.0. The van der Waals surface area contributed by atoms with Gasteiger partial charge in [-0.05, 0) is 6.92 Å². The van der Waals surface area contributed by atoms with Crippen molar-refractivity contribution in [3.63, 3.8) is 0 Å². The van der Waals surface area contributed by atoms with Gasteiger partial charge in [0.15, 0.2) is 17.4 Å². The van der Waals surface area contributed by atoms with Crippen molar-refractivity contribution in [2.75, 3.05) is 18.9 Å². The Hall–Kier alpha value is -1.56. The third-order valence-corrected chi connectivity index (χ3v) is 7.92. The van der Waals surface area contributed by atoms with Crippen LogP contribution in [-0.2, 0) is 31.6 Å². The highest BCUT2D eigenvalue weighted by Gasteiger charge is 2.47. The van der Waals surface area contributed by atoms with Crippen molar-refractivity contribution in [1.82, 2.24) is 19.5 Å². The average molecular weight is 551 g/mol. The van der Waals surface area contributed by atoms with Gasteiger partial charge in [0.1, 0.15) is 18.3 Å². The van der Waals surface area contributed by atoms with Gasteiger partial charge in [0, 0.05) is 0 Å². The van der Waals surface area contributed by atoms with Crippen LogP contribution in [0.4, 0.5) is 5.95 Å². The SMILES string of the molecule is CCOc1nc(N)nc2c1ncn2[C@@H]1O[C@H](COP(=O)(O)OP(=O)(O)OP(=O)(O)O)[C@@H](O)[C@H]1O. The predicted molar refractivity (Wildman–Crippen MR) is 107 cm³/mol. The van der Waals surface area contributed by atoms with E-state index in [1.165, 1.54) is 10.9 Å². The molecule has 34 heavy (non-hydrogen) atoms. The molecule has 0 amide bonds. The number of rotatable bonds is 10. The standard InChI is InChI=1S/C12H20N5O14P3/c1-2-27-10-6-9(15-12(13)16-10)17(4-14-6)11-8(19)7(18)5(29-11)3-28-33(23,24)31-34(25,26)30-32(20,21)22/h4-5,7-8,11,18-19H,2-3H2,1H3,(H,23,24)(H,25,26)(H2,13,15,16)(H2,20,21,22)/t5-,7-,8-,11-/m1/s1. The number of nitrogens with zero attached hydrogens (tertiary/aromatic N) is 4. The van der Waals surface area contributed by atoms with E-state index >= 15 is 0 Å². The zero-order chi connectivity index (χ0) is 25.5.